The van der Waals surface area contributed by atoms with E-state index >= 15 is 0 Å². The maximum absolute atomic E-state index is 12.9. The Balaban J connectivity index is 2.95. The third kappa shape index (κ3) is 9.46. The van der Waals surface area contributed by atoms with Crippen molar-refractivity contribution in [1.29, 1.82) is 0 Å². The number of rotatable bonds is 10. The summed E-state index contributed by atoms with van der Waals surface area (Å²) in [5.41, 5.74) is -1.04. The summed E-state index contributed by atoms with van der Waals surface area (Å²) in [4.78, 5) is 12.9. The normalized spacial score (nSPS) is 29.9. The first-order chi connectivity index (χ1) is 14.7. The zero-order valence-electron chi connectivity index (χ0n) is 21.6. The van der Waals surface area contributed by atoms with Crippen molar-refractivity contribution >= 4 is 13.8 Å². The molecule has 0 aromatic heterocycles. The van der Waals surface area contributed by atoms with Crippen LogP contribution in [0.4, 0.5) is 0 Å². The summed E-state index contributed by atoms with van der Waals surface area (Å²) in [7, 11) is 6.12. The van der Waals surface area contributed by atoms with Gasteiger partial charge in [0.1, 0.15) is 18.3 Å². The molecule has 0 saturated heterocycles. The van der Waals surface area contributed by atoms with Gasteiger partial charge in [0.2, 0.25) is 5.91 Å². The molecule has 0 spiro atoms. The van der Waals surface area contributed by atoms with Gasteiger partial charge >= 0.3 is 0 Å². The molecule has 9 heteroatoms. The third-order valence-corrected chi connectivity index (χ3v) is 6.30. The molecule has 1 unspecified atom stereocenters. The van der Waals surface area contributed by atoms with E-state index in [0.29, 0.717) is 12.8 Å². The lowest BCUT2D eigenvalue weighted by molar-refractivity contribution is -0.176. The van der Waals surface area contributed by atoms with Crippen LogP contribution < -0.4 is 5.32 Å². The number of carbonyl (C=O) groups excluding carboxylic acids is 1. The molecule has 0 heterocycles. The molecule has 0 bridgehead atoms. The summed E-state index contributed by atoms with van der Waals surface area (Å²) in [5.74, 6) is -0.613. The summed E-state index contributed by atoms with van der Waals surface area (Å²) in [6.07, 6.45) is -5.90. The van der Waals surface area contributed by atoms with Gasteiger partial charge in [-0.1, -0.05) is 67.1 Å². The number of ether oxygens (including phenoxy) is 1. The van der Waals surface area contributed by atoms with Gasteiger partial charge in [0.25, 0.3) is 0 Å². The molecule has 1 amide bonds. The predicted molar refractivity (Wildman–Crippen MR) is 128 cm³/mol. The van der Waals surface area contributed by atoms with Gasteiger partial charge in [-0.05, 0) is 23.2 Å². The average Bonchev–Trinajstić information content (AvgIpc) is 2.62. The predicted octanol–water partition coefficient (Wildman–Crippen LogP) is 0.920. The molecule has 0 aromatic rings. The molecule has 8 nitrogen and oxygen atoms in total. The van der Waals surface area contributed by atoms with Gasteiger partial charge in [0, 0.05) is 6.42 Å². The van der Waals surface area contributed by atoms with E-state index < -0.39 is 58.8 Å². The Kier molecular flexibility index (Phi) is 10.4. The van der Waals surface area contributed by atoms with Crippen LogP contribution in [0.5, 0.6) is 0 Å². The smallest absolute Gasteiger partial charge is 0.220 e. The maximum atomic E-state index is 12.9. The van der Waals surface area contributed by atoms with Gasteiger partial charge < -0.3 is 35.6 Å². The minimum absolute atomic E-state index is 0.163. The lowest BCUT2D eigenvalue weighted by Crippen LogP contribution is -2.57. The van der Waals surface area contributed by atoms with Crippen LogP contribution in [-0.2, 0) is 9.53 Å². The van der Waals surface area contributed by atoms with Crippen LogP contribution in [0.15, 0.2) is 0 Å². The van der Waals surface area contributed by atoms with Gasteiger partial charge in [-0.15, -0.1) is 0 Å². The molecule has 1 rings (SSSR count). The number of hydrogen-bond donors (Lipinski definition) is 6. The number of aliphatic hydroxyl groups excluding tert-OH is 5. The molecule has 33 heavy (non-hydrogen) atoms. The molecule has 1 fully saturated rings. The standard InChI is InChI=1S/C24H46BNO7/c1-13-9-15(19(30)20(31)17(13)28)33-11-14(18(29)21(32)22(2,3)4)26-16(27)10-23(5,6)12-24(7,8)25/h13-15,17-21,28-32H,9-12H2,1-8H3,(H,26,27)/t13?,14-,15-,17-,18-,19-,20-,21-/m0/s1. The Labute approximate surface area is 200 Å². The van der Waals surface area contributed by atoms with Crippen molar-refractivity contribution in [3.63, 3.8) is 0 Å². The van der Waals surface area contributed by atoms with Crippen LogP contribution >= 0.6 is 0 Å². The zero-order valence-corrected chi connectivity index (χ0v) is 21.6. The molecule has 0 aliphatic heterocycles. The summed E-state index contributed by atoms with van der Waals surface area (Å²) in [6, 6.07) is -0.945. The van der Waals surface area contributed by atoms with Crippen LogP contribution in [0, 0.1) is 16.7 Å². The first-order valence-corrected chi connectivity index (χ1v) is 11.9. The van der Waals surface area contributed by atoms with E-state index in [9.17, 15) is 30.3 Å². The molecular formula is C24H46BNO7. The van der Waals surface area contributed by atoms with Crippen molar-refractivity contribution < 1.29 is 35.1 Å². The van der Waals surface area contributed by atoms with Crippen molar-refractivity contribution in [2.24, 2.45) is 16.7 Å². The van der Waals surface area contributed by atoms with E-state index in [2.05, 4.69) is 5.32 Å². The molecule has 8 atom stereocenters. The van der Waals surface area contributed by atoms with E-state index in [1.807, 2.05) is 27.7 Å². The first-order valence-electron chi connectivity index (χ1n) is 11.9. The molecule has 0 aromatic carbocycles. The van der Waals surface area contributed by atoms with E-state index in [-0.39, 0.29) is 24.9 Å². The van der Waals surface area contributed by atoms with Crippen LogP contribution in [0.3, 0.4) is 0 Å². The molecule has 1 aliphatic carbocycles. The number of nitrogens with one attached hydrogen (secondary N) is 1. The highest BCUT2D eigenvalue weighted by atomic mass is 16.5. The van der Waals surface area contributed by atoms with Gasteiger partial charge in [-0.2, -0.15) is 0 Å². The molecule has 1 saturated carbocycles. The monoisotopic (exact) mass is 471 g/mol. The topological polar surface area (TPSA) is 139 Å². The Morgan fingerprint density at radius 2 is 1.58 bits per heavy atom. The van der Waals surface area contributed by atoms with Crippen LogP contribution in [-0.4, -0.2) is 88.6 Å². The van der Waals surface area contributed by atoms with Gasteiger partial charge in [-0.3, -0.25) is 4.79 Å². The molecule has 6 N–H and O–H groups in total. The largest absolute Gasteiger partial charge is 0.390 e. The molecule has 192 valence electrons. The Morgan fingerprint density at radius 3 is 2.06 bits per heavy atom. The van der Waals surface area contributed by atoms with Crippen molar-refractivity contribution in [1.82, 2.24) is 5.32 Å². The van der Waals surface area contributed by atoms with Gasteiger partial charge in [0.15, 0.2) is 0 Å². The first kappa shape index (κ1) is 30.3. The van der Waals surface area contributed by atoms with Gasteiger partial charge in [-0.25, -0.2) is 0 Å². The number of carbonyl (C=O) groups is 1. The van der Waals surface area contributed by atoms with E-state index in [4.69, 9.17) is 12.6 Å². The Hall–Kier alpha value is -0.705. The Bertz CT molecular complexity index is 631. The van der Waals surface area contributed by atoms with Gasteiger partial charge in [0.05, 0.1) is 38.8 Å². The van der Waals surface area contributed by atoms with Crippen LogP contribution in [0.2, 0.25) is 5.31 Å². The van der Waals surface area contributed by atoms with Crippen molar-refractivity contribution in [2.45, 2.75) is 123 Å². The fraction of sp³-hybridized carbons (Fsp3) is 0.958. The fourth-order valence-corrected chi connectivity index (χ4v) is 4.74. The zero-order chi connectivity index (χ0) is 25.9. The SMILES string of the molecule is [B]C(C)(C)CC(C)(C)CC(=O)N[C@@H](CO[C@H]1CC(C)[C@H](O)[C@H](O)[C@H]1O)[C@H](O)[C@H](O)C(C)(C)C. The third-order valence-electron chi connectivity index (χ3n) is 6.30. The highest BCUT2D eigenvalue weighted by Gasteiger charge is 2.43. The Morgan fingerprint density at radius 1 is 1.03 bits per heavy atom. The minimum Gasteiger partial charge on any atom is -0.390 e. The second-order valence-corrected chi connectivity index (χ2v) is 12.5. The van der Waals surface area contributed by atoms with Crippen molar-refractivity contribution in [3.8, 4) is 0 Å². The molecular weight excluding hydrogens is 425 g/mol. The van der Waals surface area contributed by atoms with Crippen molar-refractivity contribution in [3.05, 3.63) is 0 Å². The molecule has 2 radical (unpaired) electrons. The quantitative estimate of drug-likeness (QED) is 0.261. The number of amides is 1. The minimum atomic E-state index is -1.35. The highest BCUT2D eigenvalue weighted by Crippen LogP contribution is 2.38. The summed E-state index contributed by atoms with van der Waals surface area (Å²) in [6.45, 7) is 14.6. The van der Waals surface area contributed by atoms with E-state index in [0.717, 1.165) is 0 Å². The lowest BCUT2D eigenvalue weighted by atomic mass is 9.62. The molecule has 1 aliphatic rings. The van der Waals surface area contributed by atoms with Crippen LogP contribution in [0.25, 0.3) is 0 Å². The fourth-order valence-electron chi connectivity index (χ4n) is 4.74. The summed E-state index contributed by atoms with van der Waals surface area (Å²) in [5, 5.41) is 54.2. The highest BCUT2D eigenvalue weighted by molar-refractivity contribution is 6.14. The van der Waals surface area contributed by atoms with Crippen molar-refractivity contribution in [2.75, 3.05) is 6.61 Å². The average molecular weight is 471 g/mol. The lowest BCUT2D eigenvalue weighted by Gasteiger charge is -2.40. The summed E-state index contributed by atoms with van der Waals surface area (Å²) >= 11 is 0. The summed E-state index contributed by atoms with van der Waals surface area (Å²) < 4.78 is 5.82. The van der Waals surface area contributed by atoms with E-state index in [1.165, 1.54) is 0 Å². The van der Waals surface area contributed by atoms with E-state index in [1.54, 1.807) is 27.7 Å². The second-order valence-electron chi connectivity index (χ2n) is 12.5. The number of aliphatic hydroxyl groups is 5. The second kappa shape index (κ2) is 11.4. The number of hydrogen-bond acceptors (Lipinski definition) is 7. The van der Waals surface area contributed by atoms with Crippen LogP contribution in [0.1, 0.15) is 74.7 Å². The maximum Gasteiger partial charge on any atom is 0.220 e.